The van der Waals surface area contributed by atoms with Gasteiger partial charge in [0.15, 0.2) is 5.03 Å². The molecule has 7 heteroatoms. The molecule has 1 rings (SSSR count). The molecule has 0 fully saturated rings. The van der Waals surface area contributed by atoms with E-state index in [4.69, 9.17) is 5.73 Å². The largest absolute Gasteiger partial charge is 0.363 e. The Morgan fingerprint density at radius 1 is 1.77 bits per heavy atom. The Kier molecular flexibility index (Phi) is 2.27. The molecule has 2 N–H and O–H groups in total. The fourth-order valence-corrected chi connectivity index (χ4v) is 0.793. The second-order valence-electron chi connectivity index (χ2n) is 2.54. The molecule has 0 saturated carbocycles. The maximum atomic E-state index is 9.97. The first-order valence-corrected chi connectivity index (χ1v) is 3.52. The highest BCUT2D eigenvalue weighted by Gasteiger charge is 2.06. The molecule has 0 aliphatic rings. The van der Waals surface area contributed by atoms with Gasteiger partial charge in [0, 0.05) is 6.20 Å². The highest BCUT2D eigenvalue weighted by atomic mass is 16.7. The van der Waals surface area contributed by atoms with E-state index >= 15 is 0 Å². The average molecular weight is 183 g/mol. The summed E-state index contributed by atoms with van der Waals surface area (Å²) in [4.78, 5) is 9.97. The molecule has 13 heavy (non-hydrogen) atoms. The molecule has 70 valence electrons. The molecular formula is C6H9N5O2. The Hall–Kier alpha value is -1.92. The fraction of sp³-hybridized carbons (Fsp3) is 0.333. The molecule has 0 radical (unpaired) electrons. The maximum Gasteiger partial charge on any atom is 0.293 e. The van der Waals surface area contributed by atoms with Gasteiger partial charge in [-0.2, -0.15) is 5.10 Å². The molecule has 0 spiro atoms. The summed E-state index contributed by atoms with van der Waals surface area (Å²) in [6.07, 6.45) is 1.58. The molecular weight excluding hydrogens is 174 g/mol. The summed E-state index contributed by atoms with van der Waals surface area (Å²) < 4.78 is 1.17. The van der Waals surface area contributed by atoms with Gasteiger partial charge in [0.2, 0.25) is 0 Å². The van der Waals surface area contributed by atoms with Crippen molar-refractivity contribution in [2.75, 3.05) is 0 Å². The quantitative estimate of drug-likeness (QED) is 0.283. The molecule has 0 amide bonds. The van der Waals surface area contributed by atoms with Crippen LogP contribution in [-0.4, -0.2) is 20.8 Å². The SMILES string of the molecule is Cc1cn(C(N)=N[N+](=O)[O-])nc1C. The number of nitrogens with two attached hydrogens (primary N) is 1. The topological polar surface area (TPSA) is 99.3 Å². The predicted octanol–water partition coefficient (Wildman–Crippen LogP) is -0.146. The highest BCUT2D eigenvalue weighted by Crippen LogP contribution is 2.01. The number of hydrogen-bond acceptors (Lipinski definition) is 3. The molecule has 1 aromatic rings. The summed E-state index contributed by atoms with van der Waals surface area (Å²) in [5, 5.41) is 16.0. The monoisotopic (exact) mass is 183 g/mol. The van der Waals surface area contributed by atoms with Crippen LogP contribution >= 0.6 is 0 Å². The lowest BCUT2D eigenvalue weighted by Crippen LogP contribution is -2.24. The first-order valence-electron chi connectivity index (χ1n) is 3.52. The van der Waals surface area contributed by atoms with Gasteiger partial charge in [-0.1, -0.05) is 0 Å². The first-order chi connectivity index (χ1) is 6.00. The van der Waals surface area contributed by atoms with Gasteiger partial charge in [0.25, 0.3) is 5.96 Å². The van der Waals surface area contributed by atoms with Crippen LogP contribution in [0, 0.1) is 24.0 Å². The van der Waals surface area contributed by atoms with E-state index in [0.29, 0.717) is 0 Å². The van der Waals surface area contributed by atoms with Gasteiger partial charge in [-0.25, -0.2) is 14.8 Å². The summed E-state index contributed by atoms with van der Waals surface area (Å²) in [6, 6.07) is 0. The predicted molar refractivity (Wildman–Crippen MR) is 45.7 cm³/mol. The number of aryl methyl sites for hydroxylation is 2. The lowest BCUT2D eigenvalue weighted by molar-refractivity contribution is -0.485. The zero-order valence-corrected chi connectivity index (χ0v) is 7.26. The molecule has 0 saturated heterocycles. The van der Waals surface area contributed by atoms with Crippen molar-refractivity contribution in [3.05, 3.63) is 27.6 Å². The summed E-state index contributed by atoms with van der Waals surface area (Å²) in [7, 11) is 0. The van der Waals surface area contributed by atoms with Gasteiger partial charge in [-0.3, -0.25) is 0 Å². The highest BCUT2D eigenvalue weighted by molar-refractivity contribution is 5.78. The molecule has 0 unspecified atom stereocenters. The maximum absolute atomic E-state index is 9.97. The summed E-state index contributed by atoms with van der Waals surface area (Å²) in [5.41, 5.74) is 6.96. The molecule has 0 atom stereocenters. The minimum Gasteiger partial charge on any atom is -0.363 e. The van der Waals surface area contributed by atoms with Crippen molar-refractivity contribution in [3.8, 4) is 0 Å². The number of rotatable bonds is 1. The van der Waals surface area contributed by atoms with E-state index in [1.165, 1.54) is 4.68 Å². The van der Waals surface area contributed by atoms with Crippen LogP contribution in [-0.2, 0) is 0 Å². The van der Waals surface area contributed by atoms with Crippen molar-refractivity contribution < 1.29 is 5.03 Å². The van der Waals surface area contributed by atoms with Gasteiger partial charge in [0.1, 0.15) is 5.10 Å². The van der Waals surface area contributed by atoms with E-state index < -0.39 is 5.03 Å². The average Bonchev–Trinajstić information content (AvgIpc) is 2.31. The van der Waals surface area contributed by atoms with Crippen molar-refractivity contribution in [1.82, 2.24) is 9.78 Å². The summed E-state index contributed by atoms with van der Waals surface area (Å²) in [6.45, 7) is 3.61. The molecule has 1 heterocycles. The lowest BCUT2D eigenvalue weighted by atomic mass is 10.3. The van der Waals surface area contributed by atoms with Crippen molar-refractivity contribution in [1.29, 1.82) is 0 Å². The molecule has 0 aliphatic heterocycles. The van der Waals surface area contributed by atoms with Crippen molar-refractivity contribution in [2.45, 2.75) is 13.8 Å². The van der Waals surface area contributed by atoms with Gasteiger partial charge < -0.3 is 5.73 Å². The van der Waals surface area contributed by atoms with E-state index in [-0.39, 0.29) is 5.96 Å². The minimum atomic E-state index is -0.859. The van der Waals surface area contributed by atoms with E-state index in [0.717, 1.165) is 11.3 Å². The molecule has 0 aliphatic carbocycles. The Morgan fingerprint density at radius 3 is 2.77 bits per heavy atom. The van der Waals surface area contributed by atoms with E-state index in [1.54, 1.807) is 13.1 Å². The Balaban J connectivity index is 3.02. The van der Waals surface area contributed by atoms with E-state index in [9.17, 15) is 10.1 Å². The van der Waals surface area contributed by atoms with Crippen LogP contribution in [0.2, 0.25) is 0 Å². The second-order valence-corrected chi connectivity index (χ2v) is 2.54. The third-order valence-electron chi connectivity index (χ3n) is 1.56. The summed E-state index contributed by atoms with van der Waals surface area (Å²) in [5.74, 6) is -0.249. The van der Waals surface area contributed by atoms with Crippen molar-refractivity contribution in [2.24, 2.45) is 10.8 Å². The molecule has 7 nitrogen and oxygen atoms in total. The molecule has 0 aromatic carbocycles. The van der Waals surface area contributed by atoms with Crippen LogP contribution in [0.15, 0.2) is 11.3 Å². The van der Waals surface area contributed by atoms with Crippen LogP contribution in [0.25, 0.3) is 0 Å². The smallest absolute Gasteiger partial charge is 0.293 e. The Morgan fingerprint density at radius 2 is 2.38 bits per heavy atom. The van der Waals surface area contributed by atoms with Gasteiger partial charge in [-0.15, -0.1) is 0 Å². The first kappa shape index (κ1) is 9.17. The van der Waals surface area contributed by atoms with Crippen molar-refractivity contribution in [3.63, 3.8) is 0 Å². The van der Waals surface area contributed by atoms with Crippen LogP contribution in [0.1, 0.15) is 11.3 Å². The third kappa shape index (κ3) is 2.01. The summed E-state index contributed by atoms with van der Waals surface area (Å²) >= 11 is 0. The zero-order valence-electron chi connectivity index (χ0n) is 7.26. The minimum absolute atomic E-state index is 0.249. The Bertz CT molecular complexity index is 348. The number of aromatic nitrogens is 2. The van der Waals surface area contributed by atoms with Crippen LogP contribution in [0.4, 0.5) is 0 Å². The standard InChI is InChI=1S/C6H9N5O2/c1-4-3-10(8-5(4)2)6(7)9-11(12)13/h3H,1-2H3,(H2,7,9). The number of hydrazone groups is 1. The molecule has 1 aromatic heterocycles. The van der Waals surface area contributed by atoms with Gasteiger partial charge in [-0.05, 0) is 19.4 Å². The number of hydrogen-bond donors (Lipinski definition) is 1. The van der Waals surface area contributed by atoms with Crippen LogP contribution in [0.5, 0.6) is 0 Å². The zero-order chi connectivity index (χ0) is 10.0. The van der Waals surface area contributed by atoms with Gasteiger partial charge in [0.05, 0.1) is 5.69 Å². The van der Waals surface area contributed by atoms with E-state index in [2.05, 4.69) is 10.2 Å². The molecule has 0 bridgehead atoms. The van der Waals surface area contributed by atoms with Crippen LogP contribution in [0.3, 0.4) is 0 Å². The van der Waals surface area contributed by atoms with Crippen LogP contribution < -0.4 is 5.73 Å². The second kappa shape index (κ2) is 3.21. The van der Waals surface area contributed by atoms with Gasteiger partial charge >= 0.3 is 0 Å². The van der Waals surface area contributed by atoms with Crippen molar-refractivity contribution >= 4 is 5.96 Å². The normalized spacial score (nSPS) is 11.7. The number of nitrogens with zero attached hydrogens (tertiary/aromatic N) is 4. The Labute approximate surface area is 74.0 Å². The van der Waals surface area contributed by atoms with E-state index in [1.807, 2.05) is 6.92 Å². The fourth-order valence-electron chi connectivity index (χ4n) is 0.793. The lowest BCUT2D eigenvalue weighted by Gasteiger charge is -1.92. The number of nitro groups is 1. The third-order valence-corrected chi connectivity index (χ3v) is 1.56.